The number of hydrogen-bond donors (Lipinski definition) is 1. The highest BCUT2D eigenvalue weighted by Crippen LogP contribution is 2.26. The lowest BCUT2D eigenvalue weighted by atomic mass is 9.98. The van der Waals surface area contributed by atoms with Crippen LogP contribution >= 0.6 is 27.3 Å². The van der Waals surface area contributed by atoms with Gasteiger partial charge in [-0.05, 0) is 59.7 Å². The molecule has 1 atom stereocenters. The molecule has 0 radical (unpaired) electrons. The summed E-state index contributed by atoms with van der Waals surface area (Å²) >= 11 is 4.94. The number of carbonyl (C=O) groups is 1. The molecule has 0 aromatic carbocycles. The van der Waals surface area contributed by atoms with Crippen LogP contribution in [0.2, 0.25) is 0 Å². The minimum atomic E-state index is 0.174. The van der Waals surface area contributed by atoms with Gasteiger partial charge in [0.15, 0.2) is 0 Å². The third-order valence-corrected chi connectivity index (χ3v) is 4.94. The molecule has 2 rings (SSSR count). The van der Waals surface area contributed by atoms with Gasteiger partial charge >= 0.3 is 0 Å². The molecule has 1 unspecified atom stereocenters. The average Bonchev–Trinajstić information content (AvgIpc) is 2.75. The van der Waals surface area contributed by atoms with Gasteiger partial charge < -0.3 is 10.2 Å². The molecule has 1 amide bonds. The second-order valence-corrected chi connectivity index (χ2v) is 6.19. The monoisotopic (exact) mass is 316 g/mol. The minimum absolute atomic E-state index is 0.174. The lowest BCUT2D eigenvalue weighted by molar-refractivity contribution is 0.0678. The normalized spacial score (nSPS) is 20.6. The average molecular weight is 317 g/mol. The molecule has 0 spiro atoms. The Kier molecular flexibility index (Phi) is 4.59. The van der Waals surface area contributed by atoms with E-state index in [0.717, 1.165) is 35.4 Å². The fraction of sp³-hybridized carbons (Fsp3) is 0.583. The second-order valence-electron chi connectivity index (χ2n) is 4.41. The second kappa shape index (κ2) is 5.98. The first kappa shape index (κ1) is 13.1. The van der Waals surface area contributed by atoms with Crippen LogP contribution < -0.4 is 5.32 Å². The van der Waals surface area contributed by atoms with Gasteiger partial charge in [0.05, 0.1) is 0 Å². The lowest BCUT2D eigenvalue weighted by Crippen LogP contribution is -2.42. The highest BCUT2D eigenvalue weighted by atomic mass is 79.9. The van der Waals surface area contributed by atoms with Crippen molar-refractivity contribution in [2.24, 2.45) is 5.92 Å². The fourth-order valence-corrected chi connectivity index (χ4v) is 3.80. The number of halogens is 1. The third-order valence-electron chi connectivity index (χ3n) is 3.11. The van der Waals surface area contributed by atoms with Gasteiger partial charge in [0.25, 0.3) is 5.91 Å². The van der Waals surface area contributed by atoms with E-state index in [-0.39, 0.29) is 5.91 Å². The summed E-state index contributed by atoms with van der Waals surface area (Å²) in [4.78, 5) is 15.1. The van der Waals surface area contributed by atoms with Crippen LogP contribution in [-0.2, 0) is 0 Å². The molecule has 1 aliphatic heterocycles. The van der Waals surface area contributed by atoms with Crippen LogP contribution in [0.15, 0.2) is 15.9 Å². The van der Waals surface area contributed by atoms with E-state index in [0.29, 0.717) is 5.92 Å². The molecule has 1 fully saturated rings. The summed E-state index contributed by atoms with van der Waals surface area (Å²) in [6, 6.07) is 1.94. The van der Waals surface area contributed by atoms with E-state index >= 15 is 0 Å². The number of rotatable bonds is 3. The molecule has 1 N–H and O–H groups in total. The minimum Gasteiger partial charge on any atom is -0.338 e. The fourth-order valence-electron chi connectivity index (χ4n) is 2.29. The van der Waals surface area contributed by atoms with Gasteiger partial charge in [-0.25, -0.2) is 0 Å². The van der Waals surface area contributed by atoms with Crippen LogP contribution in [0, 0.1) is 5.92 Å². The highest BCUT2D eigenvalue weighted by Gasteiger charge is 2.25. The number of hydrogen-bond acceptors (Lipinski definition) is 3. The standard InChI is InChI=1S/C12H17BrN2OS/c1-14-7-9-3-2-5-15(8-9)12(16)11-10(13)4-6-17-11/h4,6,9,14H,2-3,5,7-8H2,1H3. The van der Waals surface area contributed by atoms with Crippen molar-refractivity contribution in [2.45, 2.75) is 12.8 Å². The Balaban J connectivity index is 2.02. The number of piperidine rings is 1. The number of nitrogens with one attached hydrogen (secondary N) is 1. The van der Waals surface area contributed by atoms with Gasteiger partial charge in [-0.15, -0.1) is 11.3 Å². The molecule has 0 bridgehead atoms. The van der Waals surface area contributed by atoms with E-state index < -0.39 is 0 Å². The Hall–Kier alpha value is -0.390. The van der Waals surface area contributed by atoms with Crippen LogP contribution in [0.25, 0.3) is 0 Å². The molecule has 94 valence electrons. The zero-order valence-corrected chi connectivity index (χ0v) is 12.3. The zero-order chi connectivity index (χ0) is 12.3. The Morgan fingerprint density at radius 2 is 2.53 bits per heavy atom. The van der Waals surface area contributed by atoms with Crippen LogP contribution in [0.4, 0.5) is 0 Å². The summed E-state index contributed by atoms with van der Waals surface area (Å²) in [5.74, 6) is 0.768. The van der Waals surface area contributed by atoms with Crippen molar-refractivity contribution in [1.82, 2.24) is 10.2 Å². The van der Waals surface area contributed by atoms with Crippen molar-refractivity contribution < 1.29 is 4.79 Å². The molecule has 1 aliphatic rings. The van der Waals surface area contributed by atoms with Crippen LogP contribution in [0.3, 0.4) is 0 Å². The summed E-state index contributed by atoms with van der Waals surface area (Å²) in [7, 11) is 1.97. The van der Waals surface area contributed by atoms with Gasteiger partial charge in [0, 0.05) is 17.6 Å². The number of carbonyl (C=O) groups excluding carboxylic acids is 1. The number of amides is 1. The van der Waals surface area contributed by atoms with E-state index in [1.54, 1.807) is 0 Å². The summed E-state index contributed by atoms with van der Waals surface area (Å²) in [6.45, 7) is 2.77. The van der Waals surface area contributed by atoms with Gasteiger partial charge in [-0.1, -0.05) is 0 Å². The van der Waals surface area contributed by atoms with Gasteiger partial charge in [-0.2, -0.15) is 0 Å². The van der Waals surface area contributed by atoms with Crippen molar-refractivity contribution in [3.05, 3.63) is 20.8 Å². The van der Waals surface area contributed by atoms with Crippen molar-refractivity contribution in [2.75, 3.05) is 26.7 Å². The van der Waals surface area contributed by atoms with E-state index in [1.807, 2.05) is 23.4 Å². The number of likely N-dealkylation sites (tertiary alicyclic amines) is 1. The Morgan fingerprint density at radius 1 is 1.71 bits per heavy atom. The predicted molar refractivity (Wildman–Crippen MR) is 74.6 cm³/mol. The number of nitrogens with zero attached hydrogens (tertiary/aromatic N) is 1. The molecule has 3 nitrogen and oxygen atoms in total. The smallest absolute Gasteiger partial charge is 0.265 e. The summed E-state index contributed by atoms with van der Waals surface area (Å²) in [5.41, 5.74) is 0. The lowest BCUT2D eigenvalue weighted by Gasteiger charge is -2.32. The molecule has 1 saturated heterocycles. The first-order valence-corrected chi connectivity index (χ1v) is 7.56. The van der Waals surface area contributed by atoms with E-state index in [9.17, 15) is 4.79 Å². The van der Waals surface area contributed by atoms with Crippen molar-refractivity contribution in [3.8, 4) is 0 Å². The third kappa shape index (κ3) is 3.09. The van der Waals surface area contributed by atoms with Gasteiger partial charge in [-0.3, -0.25) is 4.79 Å². The Labute approximate surface area is 114 Å². The molecule has 17 heavy (non-hydrogen) atoms. The first-order valence-electron chi connectivity index (χ1n) is 5.89. The van der Waals surface area contributed by atoms with Crippen molar-refractivity contribution in [1.29, 1.82) is 0 Å². The Bertz CT molecular complexity index is 392. The molecule has 0 aliphatic carbocycles. The first-order chi connectivity index (χ1) is 8.22. The van der Waals surface area contributed by atoms with E-state index in [2.05, 4.69) is 21.2 Å². The summed E-state index contributed by atoms with van der Waals surface area (Å²) in [5, 5.41) is 5.15. The largest absolute Gasteiger partial charge is 0.338 e. The topological polar surface area (TPSA) is 32.3 Å². The molecule has 0 saturated carbocycles. The van der Waals surface area contributed by atoms with E-state index in [4.69, 9.17) is 0 Å². The van der Waals surface area contributed by atoms with Gasteiger partial charge in [0.1, 0.15) is 4.88 Å². The van der Waals surface area contributed by atoms with Crippen molar-refractivity contribution in [3.63, 3.8) is 0 Å². The van der Waals surface area contributed by atoms with Crippen LogP contribution in [0.5, 0.6) is 0 Å². The van der Waals surface area contributed by atoms with Crippen molar-refractivity contribution >= 4 is 33.2 Å². The molecule has 1 aromatic rings. The molecular weight excluding hydrogens is 300 g/mol. The maximum Gasteiger partial charge on any atom is 0.265 e. The summed E-state index contributed by atoms with van der Waals surface area (Å²) < 4.78 is 0.920. The van der Waals surface area contributed by atoms with E-state index in [1.165, 1.54) is 17.8 Å². The Morgan fingerprint density at radius 3 is 3.18 bits per heavy atom. The SMILES string of the molecule is CNCC1CCCN(C(=O)c2sccc2Br)C1. The molecule has 1 aromatic heterocycles. The predicted octanol–water partition coefficient (Wildman–Crippen LogP) is 2.58. The maximum absolute atomic E-state index is 12.3. The zero-order valence-electron chi connectivity index (χ0n) is 9.91. The molecular formula is C12H17BrN2OS. The van der Waals surface area contributed by atoms with Crippen LogP contribution in [0.1, 0.15) is 22.5 Å². The quantitative estimate of drug-likeness (QED) is 0.929. The molecule has 2 heterocycles. The highest BCUT2D eigenvalue weighted by molar-refractivity contribution is 9.10. The maximum atomic E-state index is 12.3. The molecule has 5 heteroatoms. The summed E-state index contributed by atoms with van der Waals surface area (Å²) in [6.07, 6.45) is 2.33. The van der Waals surface area contributed by atoms with Gasteiger partial charge in [0.2, 0.25) is 0 Å². The number of thiophene rings is 1. The van der Waals surface area contributed by atoms with Crippen LogP contribution in [-0.4, -0.2) is 37.5 Å².